The van der Waals surface area contributed by atoms with Gasteiger partial charge in [0.05, 0.1) is 20.3 Å². The van der Waals surface area contributed by atoms with Crippen molar-refractivity contribution in [1.82, 2.24) is 0 Å². The van der Waals surface area contributed by atoms with E-state index in [1.165, 1.54) is 14.0 Å². The third kappa shape index (κ3) is 3.31. The average Bonchev–Trinajstić information content (AvgIpc) is 2.26. The molecule has 0 heterocycles. The predicted molar refractivity (Wildman–Crippen MR) is 60.4 cm³/mol. The summed E-state index contributed by atoms with van der Waals surface area (Å²) in [6.07, 6.45) is 1.05. The largest absolute Gasteiger partial charge is 0.487 e. The van der Waals surface area contributed by atoms with Gasteiger partial charge in [-0.25, -0.2) is 4.99 Å². The van der Waals surface area contributed by atoms with Crippen LogP contribution in [0.2, 0.25) is 0 Å². The fourth-order valence-electron chi connectivity index (χ4n) is 0.945. The molecule has 92 valence electrons. The van der Waals surface area contributed by atoms with Crippen LogP contribution >= 0.6 is 7.60 Å². The summed E-state index contributed by atoms with van der Waals surface area (Å²) >= 11 is 0. The molecule has 0 bridgehead atoms. The van der Waals surface area contributed by atoms with E-state index in [0.717, 1.165) is 6.40 Å². The first kappa shape index (κ1) is 15.1. The Morgan fingerprint density at radius 1 is 1.44 bits per heavy atom. The fraction of sp³-hybridized carbons (Fsp3) is 0.778. The number of nitrogens with zero attached hydrogens (tertiary/aromatic N) is 2. The predicted octanol–water partition coefficient (Wildman–Crippen LogP) is 2.17. The van der Waals surface area contributed by atoms with Crippen molar-refractivity contribution in [3.63, 3.8) is 0 Å². The van der Waals surface area contributed by atoms with Crippen LogP contribution in [-0.4, -0.2) is 32.0 Å². The first-order chi connectivity index (χ1) is 7.49. The van der Waals surface area contributed by atoms with E-state index in [1.807, 2.05) is 6.07 Å². The molecule has 0 radical (unpaired) electrons. The van der Waals surface area contributed by atoms with Crippen LogP contribution in [0, 0.1) is 11.3 Å². The molecule has 0 aliphatic rings. The standard InChI is InChI=1S/C9H17N2O4P/c1-5-14-16(12,15-6-2)9(3,7-10)11-8-13-4/h8H,5-6H2,1-4H3/b11-8+/t9-/m1/s1. The fourth-order valence-corrected chi connectivity index (χ4v) is 2.51. The van der Waals surface area contributed by atoms with Gasteiger partial charge in [0.2, 0.25) is 5.28 Å². The molecule has 0 aromatic carbocycles. The van der Waals surface area contributed by atoms with Crippen molar-refractivity contribution < 1.29 is 18.3 Å². The van der Waals surface area contributed by atoms with Gasteiger partial charge in [-0.1, -0.05) is 0 Å². The van der Waals surface area contributed by atoms with Crippen molar-refractivity contribution in [2.45, 2.75) is 26.1 Å². The number of nitriles is 1. The lowest BCUT2D eigenvalue weighted by Crippen LogP contribution is -2.23. The second kappa shape index (κ2) is 6.64. The van der Waals surface area contributed by atoms with E-state index in [0.29, 0.717) is 0 Å². The van der Waals surface area contributed by atoms with Crippen LogP contribution < -0.4 is 0 Å². The van der Waals surface area contributed by atoms with Crippen LogP contribution in [0.5, 0.6) is 0 Å². The molecule has 6 nitrogen and oxygen atoms in total. The summed E-state index contributed by atoms with van der Waals surface area (Å²) in [4.78, 5) is 3.78. The van der Waals surface area contributed by atoms with Gasteiger partial charge in [0.1, 0.15) is 6.07 Å². The molecule has 0 N–H and O–H groups in total. The second-order valence-electron chi connectivity index (χ2n) is 2.94. The summed E-state index contributed by atoms with van der Waals surface area (Å²) in [5, 5.41) is 7.46. The Hall–Kier alpha value is -0.890. The number of methoxy groups -OCH3 is 1. The summed E-state index contributed by atoms with van der Waals surface area (Å²) < 4.78 is 27.1. The number of hydrogen-bond acceptors (Lipinski definition) is 6. The van der Waals surface area contributed by atoms with E-state index < -0.39 is 12.9 Å². The van der Waals surface area contributed by atoms with Gasteiger partial charge >= 0.3 is 7.60 Å². The lowest BCUT2D eigenvalue weighted by Gasteiger charge is -2.26. The van der Waals surface area contributed by atoms with Crippen LogP contribution in [0.4, 0.5) is 0 Å². The van der Waals surface area contributed by atoms with E-state index >= 15 is 0 Å². The zero-order valence-electron chi connectivity index (χ0n) is 9.97. The minimum atomic E-state index is -3.61. The van der Waals surface area contributed by atoms with Crippen molar-refractivity contribution in [1.29, 1.82) is 5.26 Å². The van der Waals surface area contributed by atoms with Gasteiger partial charge < -0.3 is 13.8 Å². The number of ether oxygens (including phenoxy) is 1. The average molecular weight is 248 g/mol. The summed E-state index contributed by atoms with van der Waals surface area (Å²) in [5.74, 6) is 0. The third-order valence-electron chi connectivity index (χ3n) is 1.75. The van der Waals surface area contributed by atoms with Gasteiger partial charge in [0.15, 0.2) is 6.40 Å². The molecular weight excluding hydrogens is 231 g/mol. The molecule has 0 aromatic rings. The molecule has 7 heteroatoms. The SMILES string of the molecule is CCOP(=O)(OCC)[C@](C)(C#N)/N=C/OC. The Labute approximate surface area is 95.8 Å². The Balaban J connectivity index is 5.21. The van der Waals surface area contributed by atoms with Gasteiger partial charge in [-0.2, -0.15) is 5.26 Å². The van der Waals surface area contributed by atoms with Gasteiger partial charge in [-0.3, -0.25) is 4.57 Å². The maximum Gasteiger partial charge on any atom is 0.372 e. The highest BCUT2D eigenvalue weighted by molar-refractivity contribution is 7.56. The summed E-state index contributed by atoms with van der Waals surface area (Å²) in [6, 6.07) is 1.83. The Morgan fingerprint density at radius 2 is 1.94 bits per heavy atom. The molecule has 0 unspecified atom stereocenters. The van der Waals surface area contributed by atoms with Crippen molar-refractivity contribution in [2.75, 3.05) is 20.3 Å². The first-order valence-corrected chi connectivity index (χ1v) is 6.40. The molecule has 1 atom stereocenters. The Kier molecular flexibility index (Phi) is 6.27. The van der Waals surface area contributed by atoms with Crippen LogP contribution in [0.3, 0.4) is 0 Å². The molecule has 0 amide bonds. The van der Waals surface area contributed by atoms with Gasteiger partial charge in [-0.15, -0.1) is 0 Å². The van der Waals surface area contributed by atoms with Gasteiger partial charge in [0.25, 0.3) is 0 Å². The highest BCUT2D eigenvalue weighted by atomic mass is 31.2. The smallest absolute Gasteiger partial charge is 0.372 e. The van der Waals surface area contributed by atoms with Gasteiger partial charge in [-0.05, 0) is 20.8 Å². The number of hydrogen-bond donors (Lipinski definition) is 0. The van der Waals surface area contributed by atoms with Crippen LogP contribution in [0.1, 0.15) is 20.8 Å². The summed E-state index contributed by atoms with van der Waals surface area (Å²) in [7, 11) is -2.23. The molecule has 0 saturated heterocycles. The van der Waals surface area contributed by atoms with Crippen LogP contribution in [0.25, 0.3) is 0 Å². The lowest BCUT2D eigenvalue weighted by atomic mass is 10.4. The topological polar surface area (TPSA) is 80.9 Å². The molecule has 0 spiro atoms. The van der Waals surface area contributed by atoms with E-state index in [-0.39, 0.29) is 13.2 Å². The van der Waals surface area contributed by atoms with Crippen molar-refractivity contribution >= 4 is 14.0 Å². The number of rotatable bonds is 7. The minimum absolute atomic E-state index is 0.178. The molecule has 0 saturated carbocycles. The lowest BCUT2D eigenvalue weighted by molar-refractivity contribution is 0.206. The van der Waals surface area contributed by atoms with E-state index in [4.69, 9.17) is 14.3 Å². The molecular formula is C9H17N2O4P. The van der Waals surface area contributed by atoms with Crippen molar-refractivity contribution in [3.05, 3.63) is 0 Å². The molecule has 0 aliphatic carbocycles. The van der Waals surface area contributed by atoms with Crippen LogP contribution in [0.15, 0.2) is 4.99 Å². The molecule has 0 rings (SSSR count). The quantitative estimate of drug-likeness (QED) is 0.392. The van der Waals surface area contributed by atoms with E-state index in [2.05, 4.69) is 9.73 Å². The minimum Gasteiger partial charge on any atom is -0.487 e. The van der Waals surface area contributed by atoms with Gasteiger partial charge in [0, 0.05) is 0 Å². The normalized spacial score (nSPS) is 15.7. The highest BCUT2D eigenvalue weighted by Crippen LogP contribution is 2.60. The molecule has 16 heavy (non-hydrogen) atoms. The summed E-state index contributed by atoms with van der Waals surface area (Å²) in [6.45, 7) is 5.08. The number of aliphatic imine (C=N–C) groups is 1. The van der Waals surface area contributed by atoms with E-state index in [9.17, 15) is 4.57 Å². The maximum absolute atomic E-state index is 12.3. The van der Waals surface area contributed by atoms with Crippen molar-refractivity contribution in [2.24, 2.45) is 4.99 Å². The third-order valence-corrected chi connectivity index (χ3v) is 4.23. The zero-order chi connectivity index (χ0) is 12.7. The molecule has 0 aliphatic heterocycles. The Bertz CT molecular complexity index is 316. The van der Waals surface area contributed by atoms with Crippen molar-refractivity contribution in [3.8, 4) is 6.07 Å². The molecule has 0 fully saturated rings. The Morgan fingerprint density at radius 3 is 2.25 bits per heavy atom. The first-order valence-electron chi connectivity index (χ1n) is 4.86. The van der Waals surface area contributed by atoms with Crippen LogP contribution in [-0.2, 0) is 18.3 Å². The zero-order valence-corrected chi connectivity index (χ0v) is 10.9. The maximum atomic E-state index is 12.3. The highest BCUT2D eigenvalue weighted by Gasteiger charge is 2.48. The monoisotopic (exact) mass is 248 g/mol. The second-order valence-corrected chi connectivity index (χ2v) is 5.32. The summed E-state index contributed by atoms with van der Waals surface area (Å²) in [5.41, 5.74) is 0. The van der Waals surface area contributed by atoms with E-state index in [1.54, 1.807) is 13.8 Å². The molecule has 0 aromatic heterocycles.